The molecule has 0 N–H and O–H groups in total. The zero-order valence-corrected chi connectivity index (χ0v) is 13.9. The molecule has 0 unspecified atom stereocenters. The van der Waals surface area contributed by atoms with E-state index < -0.39 is 5.82 Å². The maximum atomic E-state index is 13.5. The maximum absolute atomic E-state index is 13.5. The van der Waals surface area contributed by atoms with E-state index in [9.17, 15) is 9.18 Å². The third kappa shape index (κ3) is 4.14. The lowest BCUT2D eigenvalue weighted by Crippen LogP contribution is -2.50. The Labute approximate surface area is 145 Å². The molecule has 132 valence electrons. The molecule has 1 aromatic carbocycles. The van der Waals surface area contributed by atoms with E-state index in [2.05, 4.69) is 10.2 Å². The van der Waals surface area contributed by atoms with Crippen LogP contribution in [0.5, 0.6) is 11.6 Å². The molecule has 1 aliphatic rings. The topological polar surface area (TPSA) is 67.8 Å². The molecule has 0 bridgehead atoms. The van der Waals surface area contributed by atoms with Gasteiger partial charge in [-0.3, -0.25) is 4.79 Å². The Bertz CT molecular complexity index is 718. The van der Waals surface area contributed by atoms with E-state index in [1.807, 2.05) is 11.0 Å². The van der Waals surface area contributed by atoms with Gasteiger partial charge in [0.1, 0.15) is 0 Å². The number of halogens is 1. The Balaban J connectivity index is 1.49. The number of carbonyl (C=O) groups excluding carboxylic acids is 1. The smallest absolute Gasteiger partial charge is 0.260 e. The van der Waals surface area contributed by atoms with Crippen molar-refractivity contribution in [1.29, 1.82) is 0 Å². The second-order valence-electron chi connectivity index (χ2n) is 5.52. The molecule has 0 atom stereocenters. The van der Waals surface area contributed by atoms with Crippen molar-refractivity contribution in [3.63, 3.8) is 0 Å². The lowest BCUT2D eigenvalue weighted by Gasteiger charge is -2.35. The second kappa shape index (κ2) is 7.78. The number of amides is 1. The summed E-state index contributed by atoms with van der Waals surface area (Å²) in [5.74, 6) is 0.656. The largest absolute Gasteiger partial charge is 0.481 e. The maximum Gasteiger partial charge on any atom is 0.260 e. The molecular formula is C17H19FN4O3. The molecule has 1 amide bonds. The molecule has 8 heteroatoms. The third-order valence-corrected chi connectivity index (χ3v) is 3.98. The van der Waals surface area contributed by atoms with Crippen LogP contribution in [0.15, 0.2) is 36.4 Å². The van der Waals surface area contributed by atoms with Gasteiger partial charge in [0.15, 0.2) is 24.0 Å². The van der Waals surface area contributed by atoms with Gasteiger partial charge in [-0.15, -0.1) is 10.2 Å². The second-order valence-corrected chi connectivity index (χ2v) is 5.52. The van der Waals surface area contributed by atoms with Gasteiger partial charge in [-0.25, -0.2) is 4.39 Å². The monoisotopic (exact) mass is 346 g/mol. The van der Waals surface area contributed by atoms with Crippen LogP contribution in [-0.4, -0.2) is 60.9 Å². The Morgan fingerprint density at radius 1 is 1.12 bits per heavy atom. The van der Waals surface area contributed by atoms with Crippen LogP contribution < -0.4 is 14.4 Å². The average molecular weight is 346 g/mol. The Morgan fingerprint density at radius 2 is 1.88 bits per heavy atom. The van der Waals surface area contributed by atoms with E-state index >= 15 is 0 Å². The van der Waals surface area contributed by atoms with Crippen LogP contribution in [0.1, 0.15) is 0 Å². The summed E-state index contributed by atoms with van der Waals surface area (Å²) in [6, 6.07) is 9.63. The average Bonchev–Trinajstić information content (AvgIpc) is 2.67. The number of ether oxygens (including phenoxy) is 2. The minimum absolute atomic E-state index is 0.0861. The number of anilines is 1. The zero-order valence-electron chi connectivity index (χ0n) is 13.9. The van der Waals surface area contributed by atoms with Gasteiger partial charge >= 0.3 is 0 Å². The third-order valence-electron chi connectivity index (χ3n) is 3.98. The predicted octanol–water partition coefficient (Wildman–Crippen LogP) is 1.35. The minimum atomic E-state index is -0.474. The molecule has 0 radical (unpaired) electrons. The summed E-state index contributed by atoms with van der Waals surface area (Å²) in [5.41, 5.74) is 0. The lowest BCUT2D eigenvalue weighted by atomic mass is 10.3. The molecule has 7 nitrogen and oxygen atoms in total. The van der Waals surface area contributed by atoms with Crippen molar-refractivity contribution in [2.45, 2.75) is 0 Å². The Kier molecular flexibility index (Phi) is 5.27. The van der Waals surface area contributed by atoms with Crippen LogP contribution in [-0.2, 0) is 4.79 Å². The van der Waals surface area contributed by atoms with Crippen molar-refractivity contribution in [1.82, 2.24) is 15.1 Å². The van der Waals surface area contributed by atoms with E-state index in [1.54, 1.807) is 23.1 Å². The van der Waals surface area contributed by atoms with Crippen molar-refractivity contribution in [2.24, 2.45) is 0 Å². The fraction of sp³-hybridized carbons (Fsp3) is 0.353. The van der Waals surface area contributed by atoms with Gasteiger partial charge in [0.05, 0.1) is 7.11 Å². The number of benzene rings is 1. The summed E-state index contributed by atoms with van der Waals surface area (Å²) < 4.78 is 23.8. The predicted molar refractivity (Wildman–Crippen MR) is 89.3 cm³/mol. The molecule has 3 rings (SSSR count). The number of carbonyl (C=O) groups is 1. The number of nitrogens with zero attached hydrogens (tertiary/aromatic N) is 4. The normalized spacial score (nSPS) is 14.3. The van der Waals surface area contributed by atoms with Crippen molar-refractivity contribution >= 4 is 11.7 Å². The van der Waals surface area contributed by atoms with Crippen molar-refractivity contribution < 1.29 is 18.7 Å². The summed E-state index contributed by atoms with van der Waals surface area (Å²) in [6.07, 6.45) is 0. The standard InChI is InChI=1S/C17H19FN4O3/c1-24-16-7-6-15(19-20-16)21-8-10-22(11-9-21)17(23)12-25-14-5-3-2-4-13(14)18/h2-7H,8-12H2,1H3. The highest BCUT2D eigenvalue weighted by molar-refractivity contribution is 5.78. The highest BCUT2D eigenvalue weighted by Crippen LogP contribution is 2.17. The van der Waals surface area contributed by atoms with Gasteiger partial charge in [-0.05, 0) is 18.2 Å². The number of piperazine rings is 1. The number of rotatable bonds is 5. The van der Waals surface area contributed by atoms with Gasteiger partial charge in [-0.2, -0.15) is 0 Å². The molecule has 1 saturated heterocycles. The number of aromatic nitrogens is 2. The van der Waals surface area contributed by atoms with Gasteiger partial charge < -0.3 is 19.3 Å². The number of hydrogen-bond donors (Lipinski definition) is 0. The van der Waals surface area contributed by atoms with Crippen molar-refractivity contribution in [3.05, 3.63) is 42.2 Å². The van der Waals surface area contributed by atoms with E-state index in [-0.39, 0.29) is 18.3 Å². The fourth-order valence-corrected chi connectivity index (χ4v) is 2.57. The van der Waals surface area contributed by atoms with Crippen LogP contribution in [0.25, 0.3) is 0 Å². The molecule has 2 heterocycles. The molecule has 1 fully saturated rings. The summed E-state index contributed by atoms with van der Waals surface area (Å²) >= 11 is 0. The van der Waals surface area contributed by atoms with Gasteiger partial charge in [0.2, 0.25) is 5.88 Å². The summed E-state index contributed by atoms with van der Waals surface area (Å²) in [4.78, 5) is 16.0. The van der Waals surface area contributed by atoms with E-state index in [1.165, 1.54) is 19.2 Å². The highest BCUT2D eigenvalue weighted by Gasteiger charge is 2.22. The van der Waals surface area contributed by atoms with E-state index in [0.717, 1.165) is 5.82 Å². The lowest BCUT2D eigenvalue weighted by molar-refractivity contribution is -0.133. The van der Waals surface area contributed by atoms with Crippen LogP contribution >= 0.6 is 0 Å². The summed E-state index contributed by atoms with van der Waals surface area (Å²) in [7, 11) is 1.54. The van der Waals surface area contributed by atoms with E-state index in [4.69, 9.17) is 9.47 Å². The first-order valence-electron chi connectivity index (χ1n) is 7.95. The van der Waals surface area contributed by atoms with Crippen LogP contribution in [0.4, 0.5) is 10.2 Å². The molecule has 2 aromatic rings. The van der Waals surface area contributed by atoms with Crippen molar-refractivity contribution in [3.8, 4) is 11.6 Å². The Hall–Kier alpha value is -2.90. The SMILES string of the molecule is COc1ccc(N2CCN(C(=O)COc3ccccc3F)CC2)nn1. The number of methoxy groups -OCH3 is 1. The van der Waals surface area contributed by atoms with Gasteiger partial charge in [0.25, 0.3) is 5.91 Å². The quantitative estimate of drug-likeness (QED) is 0.814. The molecular weight excluding hydrogens is 327 g/mol. The molecule has 1 aliphatic heterocycles. The van der Waals surface area contributed by atoms with Gasteiger partial charge in [-0.1, -0.05) is 12.1 Å². The molecule has 0 aliphatic carbocycles. The number of hydrogen-bond acceptors (Lipinski definition) is 6. The highest BCUT2D eigenvalue weighted by atomic mass is 19.1. The Morgan fingerprint density at radius 3 is 2.52 bits per heavy atom. The first-order chi connectivity index (χ1) is 12.2. The van der Waals surface area contributed by atoms with Crippen LogP contribution in [0, 0.1) is 5.82 Å². The molecule has 0 spiro atoms. The minimum Gasteiger partial charge on any atom is -0.481 e. The van der Waals surface area contributed by atoms with Gasteiger partial charge in [0, 0.05) is 32.2 Å². The van der Waals surface area contributed by atoms with Crippen molar-refractivity contribution in [2.75, 3.05) is 44.8 Å². The van der Waals surface area contributed by atoms with E-state index in [0.29, 0.717) is 32.1 Å². The first-order valence-corrected chi connectivity index (χ1v) is 7.95. The number of para-hydroxylation sites is 1. The molecule has 25 heavy (non-hydrogen) atoms. The molecule has 0 saturated carbocycles. The fourth-order valence-electron chi connectivity index (χ4n) is 2.57. The van der Waals surface area contributed by atoms with Crippen LogP contribution in [0.2, 0.25) is 0 Å². The summed E-state index contributed by atoms with van der Waals surface area (Å²) in [5, 5.41) is 8.06. The van der Waals surface area contributed by atoms with Crippen LogP contribution in [0.3, 0.4) is 0 Å². The summed E-state index contributed by atoms with van der Waals surface area (Å²) in [6.45, 7) is 2.21. The zero-order chi connectivity index (χ0) is 17.6. The first kappa shape index (κ1) is 16.9. The molecule has 1 aromatic heterocycles.